The smallest absolute Gasteiger partial charge is 0.130 e. The second-order valence-electron chi connectivity index (χ2n) is 4.76. The highest BCUT2D eigenvalue weighted by Crippen LogP contribution is 2.23. The first-order valence-electron chi connectivity index (χ1n) is 6.69. The van der Waals surface area contributed by atoms with Crippen molar-refractivity contribution in [1.82, 2.24) is 10.3 Å². The van der Waals surface area contributed by atoms with Gasteiger partial charge in [0.15, 0.2) is 0 Å². The van der Waals surface area contributed by atoms with Crippen LogP contribution in [0.15, 0.2) is 23.6 Å². The number of thiazole rings is 1. The highest BCUT2D eigenvalue weighted by Gasteiger charge is 2.17. The van der Waals surface area contributed by atoms with Crippen molar-refractivity contribution in [3.63, 3.8) is 0 Å². The fourth-order valence-corrected chi connectivity index (χ4v) is 2.88. The van der Waals surface area contributed by atoms with Gasteiger partial charge in [0.1, 0.15) is 11.6 Å². The SMILES string of the molecule is CCCNC(Cc1nc(C)cs1)c1ccc(F)cc1F. The molecule has 0 saturated heterocycles. The van der Waals surface area contributed by atoms with Crippen molar-refractivity contribution in [2.45, 2.75) is 32.7 Å². The van der Waals surface area contributed by atoms with E-state index in [9.17, 15) is 8.78 Å². The predicted molar refractivity (Wildman–Crippen MR) is 77.9 cm³/mol. The maximum absolute atomic E-state index is 13.9. The Morgan fingerprint density at radius 1 is 1.35 bits per heavy atom. The Morgan fingerprint density at radius 3 is 2.75 bits per heavy atom. The first-order valence-corrected chi connectivity index (χ1v) is 7.57. The summed E-state index contributed by atoms with van der Waals surface area (Å²) < 4.78 is 27.0. The molecule has 2 aromatic rings. The third-order valence-electron chi connectivity index (χ3n) is 3.02. The van der Waals surface area contributed by atoms with Gasteiger partial charge in [-0.1, -0.05) is 13.0 Å². The molecule has 0 fully saturated rings. The van der Waals surface area contributed by atoms with E-state index in [4.69, 9.17) is 0 Å². The standard InChI is InChI=1S/C15H18F2N2S/c1-3-6-18-14(8-15-19-10(2)9-20-15)12-5-4-11(16)7-13(12)17/h4-5,7,9,14,18H,3,6,8H2,1-2H3. The first kappa shape index (κ1) is 15.1. The van der Waals surface area contributed by atoms with Crippen molar-refractivity contribution in [2.75, 3.05) is 6.54 Å². The van der Waals surface area contributed by atoms with Crippen molar-refractivity contribution < 1.29 is 8.78 Å². The molecule has 0 radical (unpaired) electrons. The van der Waals surface area contributed by atoms with Gasteiger partial charge < -0.3 is 5.32 Å². The number of halogens is 2. The molecule has 2 rings (SSSR count). The zero-order valence-corrected chi connectivity index (χ0v) is 12.4. The van der Waals surface area contributed by atoms with Crippen molar-refractivity contribution >= 4 is 11.3 Å². The van der Waals surface area contributed by atoms with E-state index in [1.807, 2.05) is 12.3 Å². The zero-order chi connectivity index (χ0) is 14.5. The molecule has 0 aliphatic carbocycles. The van der Waals surface area contributed by atoms with Crippen molar-refractivity contribution in [1.29, 1.82) is 0 Å². The van der Waals surface area contributed by atoms with Crippen LogP contribution >= 0.6 is 11.3 Å². The minimum absolute atomic E-state index is 0.180. The van der Waals surface area contributed by atoms with E-state index in [0.717, 1.165) is 29.7 Å². The number of nitrogens with zero attached hydrogens (tertiary/aromatic N) is 1. The number of benzene rings is 1. The molecule has 1 atom stereocenters. The van der Waals surface area contributed by atoms with E-state index in [1.165, 1.54) is 12.1 Å². The quantitative estimate of drug-likeness (QED) is 0.871. The van der Waals surface area contributed by atoms with Gasteiger partial charge in [-0.25, -0.2) is 13.8 Å². The average molecular weight is 296 g/mol. The maximum Gasteiger partial charge on any atom is 0.130 e. The highest BCUT2D eigenvalue weighted by atomic mass is 32.1. The maximum atomic E-state index is 13.9. The first-order chi connectivity index (χ1) is 9.60. The van der Waals surface area contributed by atoms with Crippen molar-refractivity contribution in [2.24, 2.45) is 0 Å². The third-order valence-corrected chi connectivity index (χ3v) is 4.01. The minimum Gasteiger partial charge on any atom is -0.309 e. The number of aromatic nitrogens is 1. The minimum atomic E-state index is -0.550. The number of hydrogen-bond donors (Lipinski definition) is 1. The van der Waals surface area contributed by atoms with Crippen LogP contribution in [-0.4, -0.2) is 11.5 Å². The highest BCUT2D eigenvalue weighted by molar-refractivity contribution is 7.09. The van der Waals surface area contributed by atoms with Crippen LogP contribution in [0, 0.1) is 18.6 Å². The number of rotatable bonds is 6. The van der Waals surface area contributed by atoms with Crippen LogP contribution in [0.2, 0.25) is 0 Å². The molecule has 1 aromatic heterocycles. The number of hydrogen-bond acceptors (Lipinski definition) is 3. The lowest BCUT2D eigenvalue weighted by atomic mass is 10.0. The molecule has 5 heteroatoms. The summed E-state index contributed by atoms with van der Waals surface area (Å²) in [5.74, 6) is -1.06. The van der Waals surface area contributed by atoms with Gasteiger partial charge in [0.25, 0.3) is 0 Å². The van der Waals surface area contributed by atoms with Crippen LogP contribution in [0.25, 0.3) is 0 Å². The molecular formula is C15H18F2N2S. The van der Waals surface area contributed by atoms with Crippen LogP contribution in [0.5, 0.6) is 0 Å². The molecule has 1 heterocycles. The molecule has 20 heavy (non-hydrogen) atoms. The van der Waals surface area contributed by atoms with Crippen LogP contribution < -0.4 is 5.32 Å². The molecule has 0 bridgehead atoms. The largest absolute Gasteiger partial charge is 0.309 e. The lowest BCUT2D eigenvalue weighted by molar-refractivity contribution is 0.490. The summed E-state index contributed by atoms with van der Waals surface area (Å²) in [5, 5.41) is 6.25. The van der Waals surface area contributed by atoms with E-state index in [0.29, 0.717) is 12.0 Å². The summed E-state index contributed by atoms with van der Waals surface area (Å²) in [7, 11) is 0. The predicted octanol–water partition coefficient (Wildman–Crippen LogP) is 4.01. The van der Waals surface area contributed by atoms with Gasteiger partial charge in [0.2, 0.25) is 0 Å². The molecule has 2 nitrogen and oxygen atoms in total. The third kappa shape index (κ3) is 3.84. The monoisotopic (exact) mass is 296 g/mol. The average Bonchev–Trinajstić information content (AvgIpc) is 2.80. The summed E-state index contributed by atoms with van der Waals surface area (Å²) in [4.78, 5) is 4.41. The molecule has 1 N–H and O–H groups in total. The van der Waals surface area contributed by atoms with E-state index < -0.39 is 11.6 Å². The van der Waals surface area contributed by atoms with Gasteiger partial charge >= 0.3 is 0 Å². The zero-order valence-electron chi connectivity index (χ0n) is 11.6. The van der Waals surface area contributed by atoms with Gasteiger partial charge in [0.05, 0.1) is 5.01 Å². The van der Waals surface area contributed by atoms with Gasteiger partial charge in [0, 0.05) is 35.2 Å². The van der Waals surface area contributed by atoms with Gasteiger partial charge in [-0.3, -0.25) is 0 Å². The Morgan fingerprint density at radius 2 is 2.15 bits per heavy atom. The van der Waals surface area contributed by atoms with E-state index in [1.54, 1.807) is 11.3 Å². The normalized spacial score (nSPS) is 12.6. The molecule has 0 aliphatic rings. The summed E-state index contributed by atoms with van der Waals surface area (Å²) in [6.45, 7) is 4.78. The Bertz CT molecular complexity index is 569. The summed E-state index contributed by atoms with van der Waals surface area (Å²) in [5.41, 5.74) is 1.46. The summed E-state index contributed by atoms with van der Waals surface area (Å²) in [6.07, 6.45) is 1.57. The Kier molecular flexibility index (Phi) is 5.20. The fourth-order valence-electron chi connectivity index (χ4n) is 2.07. The second kappa shape index (κ2) is 6.90. The van der Waals surface area contributed by atoms with E-state index in [2.05, 4.69) is 17.2 Å². The van der Waals surface area contributed by atoms with Gasteiger partial charge in [-0.15, -0.1) is 11.3 Å². The van der Waals surface area contributed by atoms with Gasteiger partial charge in [-0.2, -0.15) is 0 Å². The van der Waals surface area contributed by atoms with Crippen molar-refractivity contribution in [3.05, 3.63) is 51.5 Å². The Hall–Kier alpha value is -1.33. The van der Waals surface area contributed by atoms with E-state index in [-0.39, 0.29) is 6.04 Å². The molecule has 0 amide bonds. The molecule has 0 aliphatic heterocycles. The molecule has 1 unspecified atom stereocenters. The van der Waals surface area contributed by atoms with Crippen LogP contribution in [-0.2, 0) is 6.42 Å². The lowest BCUT2D eigenvalue weighted by Gasteiger charge is -2.18. The lowest BCUT2D eigenvalue weighted by Crippen LogP contribution is -2.25. The van der Waals surface area contributed by atoms with E-state index >= 15 is 0 Å². The fraction of sp³-hybridized carbons (Fsp3) is 0.400. The van der Waals surface area contributed by atoms with Crippen LogP contribution in [0.3, 0.4) is 0 Å². The molecule has 1 aromatic carbocycles. The number of nitrogens with one attached hydrogen (secondary N) is 1. The Labute approximate surface area is 121 Å². The van der Waals surface area contributed by atoms with Gasteiger partial charge in [-0.05, 0) is 26.0 Å². The Balaban J connectivity index is 2.22. The molecule has 0 saturated carbocycles. The second-order valence-corrected chi connectivity index (χ2v) is 5.70. The molecular weight excluding hydrogens is 278 g/mol. The number of aryl methyl sites for hydroxylation is 1. The topological polar surface area (TPSA) is 24.9 Å². The van der Waals surface area contributed by atoms with Crippen molar-refractivity contribution in [3.8, 4) is 0 Å². The molecule has 108 valence electrons. The van der Waals surface area contributed by atoms with Crippen LogP contribution in [0.4, 0.5) is 8.78 Å². The summed E-state index contributed by atoms with van der Waals surface area (Å²) >= 11 is 1.57. The molecule has 0 spiro atoms. The summed E-state index contributed by atoms with van der Waals surface area (Å²) in [6, 6.07) is 3.56. The van der Waals surface area contributed by atoms with Crippen LogP contribution in [0.1, 0.15) is 35.7 Å².